The maximum atomic E-state index is 11.4. The van der Waals surface area contributed by atoms with Crippen LogP contribution in [0.4, 0.5) is 0 Å². The molecular weight excluding hydrogens is 252 g/mol. The average molecular weight is 272 g/mol. The Morgan fingerprint density at radius 2 is 1.85 bits per heavy atom. The summed E-state index contributed by atoms with van der Waals surface area (Å²) in [6.45, 7) is 10.0. The number of carboxylic acids is 1. The van der Waals surface area contributed by atoms with Crippen LogP contribution >= 0.6 is 0 Å². The van der Waals surface area contributed by atoms with Gasteiger partial charge in [-0.15, -0.1) is 0 Å². The van der Waals surface area contributed by atoms with E-state index in [1.54, 1.807) is 10.9 Å². The summed E-state index contributed by atoms with van der Waals surface area (Å²) in [6.07, 6.45) is 1.60. The van der Waals surface area contributed by atoms with Crippen LogP contribution in [-0.2, 0) is 5.54 Å². The molecule has 0 saturated heterocycles. The quantitative estimate of drug-likeness (QED) is 0.908. The van der Waals surface area contributed by atoms with Gasteiger partial charge < -0.3 is 5.11 Å². The van der Waals surface area contributed by atoms with Crippen molar-refractivity contribution < 1.29 is 9.90 Å². The molecule has 20 heavy (non-hydrogen) atoms. The number of aromatic nitrogens is 2. The zero-order valence-electron chi connectivity index (χ0n) is 12.6. The van der Waals surface area contributed by atoms with Gasteiger partial charge in [0.2, 0.25) is 0 Å². The molecule has 1 N–H and O–H groups in total. The average Bonchev–Trinajstić information content (AvgIpc) is 2.77. The summed E-state index contributed by atoms with van der Waals surface area (Å²) in [4.78, 5) is 11.4. The fraction of sp³-hybridized carbons (Fsp3) is 0.375. The first-order chi connectivity index (χ1) is 9.20. The number of rotatable bonds is 2. The van der Waals surface area contributed by atoms with E-state index in [1.807, 2.05) is 52.8 Å². The van der Waals surface area contributed by atoms with Crippen LogP contribution < -0.4 is 0 Å². The number of nitrogens with zero attached hydrogens (tertiary/aromatic N) is 2. The van der Waals surface area contributed by atoms with Gasteiger partial charge in [-0.25, -0.2) is 4.79 Å². The van der Waals surface area contributed by atoms with Crippen LogP contribution in [-0.4, -0.2) is 20.9 Å². The molecule has 1 aromatic carbocycles. The Morgan fingerprint density at radius 1 is 1.20 bits per heavy atom. The predicted molar refractivity (Wildman–Crippen MR) is 79.1 cm³/mol. The highest BCUT2D eigenvalue weighted by molar-refractivity contribution is 5.94. The Labute approximate surface area is 119 Å². The minimum absolute atomic E-state index is 0.239. The van der Waals surface area contributed by atoms with Crippen molar-refractivity contribution in [3.8, 4) is 11.3 Å². The second-order valence-corrected chi connectivity index (χ2v) is 6.11. The second-order valence-electron chi connectivity index (χ2n) is 6.11. The highest BCUT2D eigenvalue weighted by Gasteiger charge is 2.22. The summed E-state index contributed by atoms with van der Waals surface area (Å²) < 4.78 is 1.71. The third-order valence-corrected chi connectivity index (χ3v) is 3.41. The molecule has 0 aliphatic heterocycles. The van der Waals surface area contributed by atoms with Crippen molar-refractivity contribution in [2.45, 2.75) is 40.2 Å². The maximum Gasteiger partial charge on any atom is 0.339 e. The maximum absolute atomic E-state index is 11.4. The topological polar surface area (TPSA) is 55.1 Å². The third kappa shape index (κ3) is 2.59. The van der Waals surface area contributed by atoms with Crippen LogP contribution in [0.25, 0.3) is 11.3 Å². The predicted octanol–water partition coefficient (Wildman–Crippen LogP) is 3.62. The first-order valence-corrected chi connectivity index (χ1v) is 6.61. The van der Waals surface area contributed by atoms with Gasteiger partial charge in [0.25, 0.3) is 0 Å². The number of hydrogen-bond donors (Lipinski definition) is 1. The van der Waals surface area contributed by atoms with Crippen LogP contribution in [0.15, 0.2) is 24.4 Å². The summed E-state index contributed by atoms with van der Waals surface area (Å²) in [5, 5.41) is 13.9. The van der Waals surface area contributed by atoms with Crippen molar-refractivity contribution in [1.29, 1.82) is 0 Å². The summed E-state index contributed by atoms with van der Waals surface area (Å²) >= 11 is 0. The minimum Gasteiger partial charge on any atom is -0.478 e. The van der Waals surface area contributed by atoms with Gasteiger partial charge in [0.15, 0.2) is 0 Å². The molecule has 4 heteroatoms. The molecule has 1 heterocycles. The van der Waals surface area contributed by atoms with Crippen molar-refractivity contribution in [1.82, 2.24) is 9.78 Å². The molecule has 4 nitrogen and oxygen atoms in total. The summed E-state index contributed by atoms with van der Waals surface area (Å²) in [5.74, 6) is -0.950. The number of benzene rings is 1. The molecule has 0 atom stereocenters. The van der Waals surface area contributed by atoms with Crippen molar-refractivity contribution in [3.63, 3.8) is 0 Å². The number of carboxylic acid groups (broad SMARTS) is 1. The molecule has 1 aromatic heterocycles. The SMILES string of the molecule is Cc1ccc(-c2nn(C(C)(C)C)cc2C(=O)O)cc1C. The van der Waals surface area contributed by atoms with Crippen LogP contribution in [0.3, 0.4) is 0 Å². The summed E-state index contributed by atoms with van der Waals surface area (Å²) in [5.41, 5.74) is 3.67. The molecule has 0 bridgehead atoms. The lowest BCUT2D eigenvalue weighted by Gasteiger charge is -2.18. The van der Waals surface area contributed by atoms with E-state index in [4.69, 9.17) is 0 Å². The first kappa shape index (κ1) is 14.3. The summed E-state index contributed by atoms with van der Waals surface area (Å²) in [6, 6.07) is 5.90. The fourth-order valence-corrected chi connectivity index (χ4v) is 1.98. The Hall–Kier alpha value is -2.10. The molecule has 0 spiro atoms. The Balaban J connectivity index is 2.63. The number of aromatic carboxylic acids is 1. The molecule has 0 fully saturated rings. The van der Waals surface area contributed by atoms with Crippen molar-refractivity contribution >= 4 is 5.97 Å². The molecule has 0 radical (unpaired) electrons. The molecule has 0 amide bonds. The molecule has 106 valence electrons. The van der Waals surface area contributed by atoms with E-state index in [1.165, 1.54) is 5.56 Å². The van der Waals surface area contributed by atoms with E-state index in [2.05, 4.69) is 5.10 Å². The molecule has 0 unspecified atom stereocenters. The van der Waals surface area contributed by atoms with Crippen LogP contribution in [0.2, 0.25) is 0 Å². The minimum atomic E-state index is -0.950. The van der Waals surface area contributed by atoms with Crippen molar-refractivity contribution in [2.24, 2.45) is 0 Å². The largest absolute Gasteiger partial charge is 0.478 e. The molecule has 0 aliphatic carbocycles. The number of carbonyl (C=O) groups is 1. The smallest absolute Gasteiger partial charge is 0.339 e. The van der Waals surface area contributed by atoms with Crippen molar-refractivity contribution in [3.05, 3.63) is 41.1 Å². The zero-order valence-corrected chi connectivity index (χ0v) is 12.6. The fourth-order valence-electron chi connectivity index (χ4n) is 1.98. The van der Waals surface area contributed by atoms with Gasteiger partial charge in [0, 0.05) is 11.8 Å². The van der Waals surface area contributed by atoms with E-state index >= 15 is 0 Å². The first-order valence-electron chi connectivity index (χ1n) is 6.61. The Morgan fingerprint density at radius 3 is 2.35 bits per heavy atom. The van der Waals surface area contributed by atoms with E-state index in [0.717, 1.165) is 11.1 Å². The highest BCUT2D eigenvalue weighted by atomic mass is 16.4. The van der Waals surface area contributed by atoms with Crippen LogP contribution in [0.5, 0.6) is 0 Å². The van der Waals surface area contributed by atoms with E-state index in [-0.39, 0.29) is 11.1 Å². The monoisotopic (exact) mass is 272 g/mol. The van der Waals surface area contributed by atoms with Gasteiger partial charge in [-0.05, 0) is 51.8 Å². The summed E-state index contributed by atoms with van der Waals surface area (Å²) in [7, 11) is 0. The lowest BCUT2D eigenvalue weighted by molar-refractivity contribution is 0.0697. The second kappa shape index (κ2) is 4.78. The molecule has 0 saturated carbocycles. The number of aryl methyl sites for hydroxylation is 2. The number of hydrogen-bond acceptors (Lipinski definition) is 2. The molecule has 0 aliphatic rings. The lowest BCUT2D eigenvalue weighted by Crippen LogP contribution is -2.22. The van der Waals surface area contributed by atoms with Gasteiger partial charge in [-0.1, -0.05) is 12.1 Å². The van der Waals surface area contributed by atoms with Gasteiger partial charge in [-0.2, -0.15) is 5.10 Å². The standard InChI is InChI=1S/C16H20N2O2/c1-10-6-7-12(8-11(10)2)14-13(15(19)20)9-18(17-14)16(3,4)5/h6-9H,1-5H3,(H,19,20). The Bertz CT molecular complexity index is 664. The molecule has 2 aromatic rings. The van der Waals surface area contributed by atoms with Gasteiger partial charge in [0.05, 0.1) is 5.54 Å². The van der Waals surface area contributed by atoms with Crippen LogP contribution in [0, 0.1) is 13.8 Å². The van der Waals surface area contributed by atoms with Crippen molar-refractivity contribution in [2.75, 3.05) is 0 Å². The molecule has 2 rings (SSSR count). The normalized spacial score (nSPS) is 11.7. The van der Waals surface area contributed by atoms with E-state index in [0.29, 0.717) is 5.69 Å². The van der Waals surface area contributed by atoms with Gasteiger partial charge in [-0.3, -0.25) is 4.68 Å². The van der Waals surface area contributed by atoms with Gasteiger partial charge in [0.1, 0.15) is 11.3 Å². The Kier molecular flexibility index (Phi) is 3.42. The third-order valence-electron chi connectivity index (χ3n) is 3.41. The van der Waals surface area contributed by atoms with E-state index < -0.39 is 5.97 Å². The zero-order chi connectivity index (χ0) is 15.1. The molecular formula is C16H20N2O2. The lowest BCUT2D eigenvalue weighted by atomic mass is 10.0. The van der Waals surface area contributed by atoms with Gasteiger partial charge >= 0.3 is 5.97 Å². The highest BCUT2D eigenvalue weighted by Crippen LogP contribution is 2.26. The van der Waals surface area contributed by atoms with Crippen LogP contribution in [0.1, 0.15) is 42.3 Å². The van der Waals surface area contributed by atoms with E-state index in [9.17, 15) is 9.90 Å².